The van der Waals surface area contributed by atoms with E-state index in [0.29, 0.717) is 0 Å². The van der Waals surface area contributed by atoms with E-state index in [-0.39, 0.29) is 24.4 Å². The largest absolute Gasteiger partial charge is 0.347 e. The van der Waals surface area contributed by atoms with E-state index in [1.54, 1.807) is 25.9 Å². The molecule has 0 saturated carbocycles. The molecule has 1 rings (SSSR count). The lowest BCUT2D eigenvalue weighted by Gasteiger charge is -2.22. The van der Waals surface area contributed by atoms with Gasteiger partial charge in [-0.25, -0.2) is 0 Å². The molecular formula is C9H17N3O2S. The highest BCUT2D eigenvalue weighted by Crippen LogP contribution is 2.07. The fraction of sp³-hybridized carbons (Fsp3) is 0.778. The zero-order chi connectivity index (χ0) is 11.3. The normalized spacial score (nSPS) is 20.8. The number of nitrogens with zero attached hydrogens (tertiary/aromatic N) is 1. The first kappa shape index (κ1) is 12.3. The van der Waals surface area contributed by atoms with Crippen molar-refractivity contribution in [2.45, 2.75) is 6.04 Å². The minimum absolute atomic E-state index is 0.0781. The molecule has 0 radical (unpaired) electrons. The number of rotatable bonds is 3. The summed E-state index contributed by atoms with van der Waals surface area (Å²) in [4.78, 5) is 24.2. The van der Waals surface area contributed by atoms with Crippen LogP contribution in [0.25, 0.3) is 0 Å². The average Bonchev–Trinajstić information content (AvgIpc) is 2.26. The molecule has 1 aliphatic rings. The molecule has 2 amide bonds. The van der Waals surface area contributed by atoms with Crippen LogP contribution in [0, 0.1) is 0 Å². The van der Waals surface area contributed by atoms with E-state index < -0.39 is 0 Å². The Morgan fingerprint density at radius 3 is 2.80 bits per heavy atom. The molecule has 1 fully saturated rings. The number of carbonyl (C=O) groups excluding carboxylic acids is 2. The van der Waals surface area contributed by atoms with Gasteiger partial charge in [-0.1, -0.05) is 0 Å². The number of amides is 2. The summed E-state index contributed by atoms with van der Waals surface area (Å²) in [5.74, 6) is 1.65. The van der Waals surface area contributed by atoms with Gasteiger partial charge in [-0.05, 0) is 0 Å². The van der Waals surface area contributed by atoms with Crippen LogP contribution in [0.4, 0.5) is 0 Å². The van der Waals surface area contributed by atoms with Gasteiger partial charge in [0.2, 0.25) is 11.8 Å². The first-order chi connectivity index (χ1) is 7.11. The molecule has 1 saturated heterocycles. The molecule has 5 nitrogen and oxygen atoms in total. The molecule has 1 atom stereocenters. The second-order valence-electron chi connectivity index (χ2n) is 3.59. The molecule has 0 aromatic carbocycles. The van der Waals surface area contributed by atoms with Gasteiger partial charge in [0, 0.05) is 32.1 Å². The third-order valence-electron chi connectivity index (χ3n) is 2.15. The Hall–Kier alpha value is -0.750. The van der Waals surface area contributed by atoms with Crippen molar-refractivity contribution >= 4 is 23.6 Å². The summed E-state index contributed by atoms with van der Waals surface area (Å²) in [5.41, 5.74) is 0. The van der Waals surface area contributed by atoms with Crippen LogP contribution in [0.2, 0.25) is 0 Å². The molecule has 0 aromatic heterocycles. The fourth-order valence-electron chi connectivity index (χ4n) is 1.18. The number of carbonyl (C=O) groups is 2. The van der Waals surface area contributed by atoms with Gasteiger partial charge in [-0.15, -0.1) is 0 Å². The molecule has 1 aliphatic heterocycles. The second-order valence-corrected chi connectivity index (χ2v) is 4.74. The van der Waals surface area contributed by atoms with Gasteiger partial charge < -0.3 is 15.5 Å². The Morgan fingerprint density at radius 1 is 1.53 bits per heavy atom. The Kier molecular flexibility index (Phi) is 4.90. The lowest BCUT2D eigenvalue weighted by atomic mass is 10.3. The predicted octanol–water partition coefficient (Wildman–Crippen LogP) is -1.10. The van der Waals surface area contributed by atoms with Crippen molar-refractivity contribution in [1.82, 2.24) is 15.5 Å². The molecule has 0 bridgehead atoms. The summed E-state index contributed by atoms with van der Waals surface area (Å²) >= 11 is 1.75. The Labute approximate surface area is 94.0 Å². The summed E-state index contributed by atoms with van der Waals surface area (Å²) in [6, 6.07) is -0.154. The van der Waals surface area contributed by atoms with Gasteiger partial charge in [0.25, 0.3) is 0 Å². The van der Waals surface area contributed by atoms with Gasteiger partial charge in [0.15, 0.2) is 0 Å². The monoisotopic (exact) mass is 231 g/mol. The lowest BCUT2D eigenvalue weighted by Crippen LogP contribution is -2.50. The maximum Gasteiger partial charge on any atom is 0.241 e. The molecule has 1 heterocycles. The van der Waals surface area contributed by atoms with Crippen molar-refractivity contribution in [3.63, 3.8) is 0 Å². The Balaban J connectivity index is 2.26. The zero-order valence-electron chi connectivity index (χ0n) is 9.08. The molecule has 0 aliphatic carbocycles. The van der Waals surface area contributed by atoms with Crippen molar-refractivity contribution in [3.05, 3.63) is 0 Å². The SMILES string of the molecule is CN(C)C(=O)CNC(=O)C1CSCCN1. The van der Waals surface area contributed by atoms with Gasteiger partial charge in [-0.3, -0.25) is 9.59 Å². The van der Waals surface area contributed by atoms with Crippen LogP contribution in [0.15, 0.2) is 0 Å². The molecule has 2 N–H and O–H groups in total. The molecule has 6 heteroatoms. The van der Waals surface area contributed by atoms with E-state index in [0.717, 1.165) is 18.1 Å². The lowest BCUT2D eigenvalue weighted by molar-refractivity contribution is -0.131. The maximum atomic E-state index is 11.6. The van der Waals surface area contributed by atoms with Crippen molar-refractivity contribution in [3.8, 4) is 0 Å². The van der Waals surface area contributed by atoms with Crippen molar-refractivity contribution in [1.29, 1.82) is 0 Å². The number of hydrogen-bond donors (Lipinski definition) is 2. The summed E-state index contributed by atoms with van der Waals surface area (Å²) in [6.07, 6.45) is 0. The van der Waals surface area contributed by atoms with Crippen LogP contribution in [-0.4, -0.2) is 61.4 Å². The molecule has 15 heavy (non-hydrogen) atoms. The van der Waals surface area contributed by atoms with E-state index in [9.17, 15) is 9.59 Å². The first-order valence-electron chi connectivity index (χ1n) is 4.90. The van der Waals surface area contributed by atoms with E-state index in [1.165, 1.54) is 4.90 Å². The van der Waals surface area contributed by atoms with E-state index >= 15 is 0 Å². The van der Waals surface area contributed by atoms with Crippen LogP contribution in [0.5, 0.6) is 0 Å². The third kappa shape index (κ3) is 4.09. The first-order valence-corrected chi connectivity index (χ1v) is 6.05. The van der Waals surface area contributed by atoms with Gasteiger partial charge in [-0.2, -0.15) is 11.8 Å². The topological polar surface area (TPSA) is 61.4 Å². The quantitative estimate of drug-likeness (QED) is 0.647. The van der Waals surface area contributed by atoms with E-state index in [2.05, 4.69) is 10.6 Å². The van der Waals surface area contributed by atoms with Crippen molar-refractivity contribution < 1.29 is 9.59 Å². The molecule has 86 valence electrons. The number of nitrogens with one attached hydrogen (secondary N) is 2. The fourth-order valence-corrected chi connectivity index (χ4v) is 2.11. The standard InChI is InChI=1S/C9H17N3O2S/c1-12(2)8(13)5-11-9(14)7-6-15-4-3-10-7/h7,10H,3-6H2,1-2H3,(H,11,14). The Bertz CT molecular complexity index is 240. The average molecular weight is 231 g/mol. The van der Waals surface area contributed by atoms with Gasteiger partial charge in [0.1, 0.15) is 0 Å². The highest BCUT2D eigenvalue weighted by molar-refractivity contribution is 7.99. The smallest absolute Gasteiger partial charge is 0.241 e. The summed E-state index contributed by atoms with van der Waals surface area (Å²) in [5, 5.41) is 5.74. The number of thioether (sulfide) groups is 1. The summed E-state index contributed by atoms with van der Waals surface area (Å²) in [6.45, 7) is 0.930. The van der Waals surface area contributed by atoms with Crippen molar-refractivity contribution in [2.24, 2.45) is 0 Å². The summed E-state index contributed by atoms with van der Waals surface area (Å²) in [7, 11) is 3.34. The van der Waals surface area contributed by atoms with Crippen LogP contribution in [0.1, 0.15) is 0 Å². The van der Waals surface area contributed by atoms with Gasteiger partial charge in [0.05, 0.1) is 12.6 Å². The molecular weight excluding hydrogens is 214 g/mol. The predicted molar refractivity (Wildman–Crippen MR) is 60.8 cm³/mol. The minimum Gasteiger partial charge on any atom is -0.347 e. The van der Waals surface area contributed by atoms with Gasteiger partial charge >= 0.3 is 0 Å². The second kappa shape index (κ2) is 5.97. The molecule has 0 aromatic rings. The van der Waals surface area contributed by atoms with Crippen LogP contribution >= 0.6 is 11.8 Å². The van der Waals surface area contributed by atoms with E-state index in [4.69, 9.17) is 0 Å². The maximum absolute atomic E-state index is 11.6. The Morgan fingerprint density at radius 2 is 2.27 bits per heavy atom. The highest BCUT2D eigenvalue weighted by atomic mass is 32.2. The zero-order valence-corrected chi connectivity index (χ0v) is 9.89. The third-order valence-corrected chi connectivity index (χ3v) is 3.21. The van der Waals surface area contributed by atoms with Crippen molar-refractivity contribution in [2.75, 3.05) is 38.7 Å². The minimum atomic E-state index is -0.154. The summed E-state index contributed by atoms with van der Waals surface area (Å²) < 4.78 is 0. The van der Waals surface area contributed by atoms with E-state index in [1.807, 2.05) is 0 Å². The number of hydrogen-bond acceptors (Lipinski definition) is 4. The molecule has 0 spiro atoms. The van der Waals surface area contributed by atoms with Crippen LogP contribution in [-0.2, 0) is 9.59 Å². The highest BCUT2D eigenvalue weighted by Gasteiger charge is 2.21. The number of likely N-dealkylation sites (N-methyl/N-ethyl adjacent to an activating group) is 1. The molecule has 1 unspecified atom stereocenters. The van der Waals surface area contributed by atoms with Crippen LogP contribution in [0.3, 0.4) is 0 Å². The van der Waals surface area contributed by atoms with Crippen LogP contribution < -0.4 is 10.6 Å².